The maximum absolute atomic E-state index is 10.6. The highest BCUT2D eigenvalue weighted by Crippen LogP contribution is 2.29. The third-order valence-corrected chi connectivity index (χ3v) is 3.07. The molecule has 0 fully saturated rings. The van der Waals surface area contributed by atoms with E-state index in [1.165, 1.54) is 0 Å². The molecule has 2 rings (SSSR count). The third kappa shape index (κ3) is 3.11. The van der Waals surface area contributed by atoms with Crippen LogP contribution in [0.5, 0.6) is 0 Å². The molecule has 2 nitrogen and oxygen atoms in total. The predicted molar refractivity (Wildman–Crippen MR) is 72.8 cm³/mol. The molecule has 2 aromatic rings. The number of hydrogen-bond acceptors (Lipinski definition) is 1. The molecule has 1 N–H and O–H groups in total. The van der Waals surface area contributed by atoms with Crippen molar-refractivity contribution in [1.82, 2.24) is 0 Å². The van der Waals surface area contributed by atoms with E-state index in [-0.39, 0.29) is 6.42 Å². The number of halogens is 1. The highest BCUT2D eigenvalue weighted by Gasteiger charge is 2.06. The summed E-state index contributed by atoms with van der Waals surface area (Å²) < 4.78 is 0. The largest absolute Gasteiger partial charge is 0.481 e. The van der Waals surface area contributed by atoms with Gasteiger partial charge in [-0.05, 0) is 29.7 Å². The van der Waals surface area contributed by atoms with Gasteiger partial charge in [0.2, 0.25) is 0 Å². The van der Waals surface area contributed by atoms with Gasteiger partial charge in [-0.25, -0.2) is 0 Å². The molecule has 0 heterocycles. The Hall–Kier alpha value is -1.80. The Kier molecular flexibility index (Phi) is 4.00. The second kappa shape index (κ2) is 5.69. The zero-order valence-corrected chi connectivity index (χ0v) is 10.5. The molecule has 0 unspecified atom stereocenters. The Balaban J connectivity index is 2.30. The van der Waals surface area contributed by atoms with Gasteiger partial charge in [-0.15, -0.1) is 0 Å². The quantitative estimate of drug-likeness (QED) is 0.901. The first-order chi connectivity index (χ1) is 8.66. The van der Waals surface area contributed by atoms with E-state index in [1.54, 1.807) is 0 Å². The second-order valence-corrected chi connectivity index (χ2v) is 4.48. The SMILES string of the molecule is O=C(O)CCc1ccc(Cl)c(-c2ccccc2)c1. The zero-order chi connectivity index (χ0) is 13.0. The molecular weight excluding hydrogens is 248 g/mol. The lowest BCUT2D eigenvalue weighted by Crippen LogP contribution is -1.97. The van der Waals surface area contributed by atoms with Gasteiger partial charge >= 0.3 is 5.97 Å². The highest BCUT2D eigenvalue weighted by atomic mass is 35.5. The molecule has 0 amide bonds. The van der Waals surface area contributed by atoms with Gasteiger partial charge < -0.3 is 5.11 Å². The van der Waals surface area contributed by atoms with E-state index in [0.29, 0.717) is 11.4 Å². The third-order valence-electron chi connectivity index (χ3n) is 2.74. The molecule has 0 spiro atoms. The van der Waals surface area contributed by atoms with Crippen LogP contribution in [0, 0.1) is 0 Å². The lowest BCUT2D eigenvalue weighted by atomic mass is 10.0. The Morgan fingerprint density at radius 1 is 1.11 bits per heavy atom. The summed E-state index contributed by atoms with van der Waals surface area (Å²) >= 11 is 6.18. The number of carboxylic acid groups (broad SMARTS) is 1. The molecule has 2 aromatic carbocycles. The van der Waals surface area contributed by atoms with Crippen molar-refractivity contribution >= 4 is 17.6 Å². The van der Waals surface area contributed by atoms with Crippen LogP contribution in [0.1, 0.15) is 12.0 Å². The number of aliphatic carboxylic acids is 1. The Labute approximate surface area is 111 Å². The van der Waals surface area contributed by atoms with Crippen LogP contribution in [0.15, 0.2) is 48.5 Å². The van der Waals surface area contributed by atoms with Crippen molar-refractivity contribution in [3.05, 3.63) is 59.1 Å². The summed E-state index contributed by atoms with van der Waals surface area (Å²) in [5.74, 6) is -0.786. The van der Waals surface area contributed by atoms with Gasteiger partial charge in [-0.2, -0.15) is 0 Å². The smallest absolute Gasteiger partial charge is 0.303 e. The van der Waals surface area contributed by atoms with Crippen LogP contribution >= 0.6 is 11.6 Å². The molecule has 0 radical (unpaired) electrons. The van der Waals surface area contributed by atoms with Crippen molar-refractivity contribution in [3.63, 3.8) is 0 Å². The summed E-state index contributed by atoms with van der Waals surface area (Å²) in [6, 6.07) is 15.5. The molecule has 0 aromatic heterocycles. The van der Waals surface area contributed by atoms with Crippen LogP contribution in [-0.4, -0.2) is 11.1 Å². The summed E-state index contributed by atoms with van der Waals surface area (Å²) in [6.07, 6.45) is 0.655. The molecule has 0 aliphatic carbocycles. The number of hydrogen-bond donors (Lipinski definition) is 1. The fourth-order valence-electron chi connectivity index (χ4n) is 1.82. The average molecular weight is 261 g/mol. The van der Waals surface area contributed by atoms with Gasteiger partial charge in [-0.3, -0.25) is 4.79 Å². The molecule has 92 valence electrons. The molecule has 0 saturated heterocycles. The first kappa shape index (κ1) is 12.7. The molecule has 0 bridgehead atoms. The van der Waals surface area contributed by atoms with E-state index in [4.69, 9.17) is 16.7 Å². The predicted octanol–water partition coefficient (Wildman–Crippen LogP) is 4.02. The van der Waals surface area contributed by atoms with Gasteiger partial charge in [0.05, 0.1) is 0 Å². The van der Waals surface area contributed by atoms with Crippen LogP contribution in [0.2, 0.25) is 5.02 Å². The monoisotopic (exact) mass is 260 g/mol. The Morgan fingerprint density at radius 2 is 1.83 bits per heavy atom. The van der Waals surface area contributed by atoms with Crippen LogP contribution < -0.4 is 0 Å². The molecule has 0 saturated carbocycles. The Morgan fingerprint density at radius 3 is 2.50 bits per heavy atom. The molecule has 0 aliphatic rings. The fourth-order valence-corrected chi connectivity index (χ4v) is 2.04. The lowest BCUT2D eigenvalue weighted by molar-refractivity contribution is -0.136. The maximum Gasteiger partial charge on any atom is 0.303 e. The average Bonchev–Trinajstić information content (AvgIpc) is 2.38. The first-order valence-corrected chi connectivity index (χ1v) is 6.10. The zero-order valence-electron chi connectivity index (χ0n) is 9.77. The number of benzene rings is 2. The summed E-state index contributed by atoms with van der Waals surface area (Å²) in [5.41, 5.74) is 2.97. The molecule has 3 heteroatoms. The maximum atomic E-state index is 10.6. The van der Waals surface area contributed by atoms with E-state index in [2.05, 4.69) is 0 Å². The summed E-state index contributed by atoms with van der Waals surface area (Å²) in [4.78, 5) is 10.6. The van der Waals surface area contributed by atoms with Gasteiger partial charge in [0.15, 0.2) is 0 Å². The van der Waals surface area contributed by atoms with E-state index >= 15 is 0 Å². The summed E-state index contributed by atoms with van der Waals surface area (Å²) in [6.45, 7) is 0. The molecule has 0 atom stereocenters. The van der Waals surface area contributed by atoms with E-state index < -0.39 is 5.97 Å². The highest BCUT2D eigenvalue weighted by molar-refractivity contribution is 6.33. The number of carboxylic acids is 1. The summed E-state index contributed by atoms with van der Waals surface area (Å²) in [5, 5.41) is 9.37. The van der Waals surface area contributed by atoms with Gasteiger partial charge in [-0.1, -0.05) is 48.0 Å². The first-order valence-electron chi connectivity index (χ1n) is 5.72. The minimum Gasteiger partial charge on any atom is -0.481 e. The topological polar surface area (TPSA) is 37.3 Å². The minimum absolute atomic E-state index is 0.135. The minimum atomic E-state index is -0.786. The lowest BCUT2D eigenvalue weighted by Gasteiger charge is -2.07. The van der Waals surface area contributed by atoms with E-state index in [0.717, 1.165) is 16.7 Å². The Bertz CT molecular complexity index is 550. The molecule has 0 aliphatic heterocycles. The van der Waals surface area contributed by atoms with Crippen molar-refractivity contribution in [2.45, 2.75) is 12.8 Å². The van der Waals surface area contributed by atoms with Crippen LogP contribution in [0.25, 0.3) is 11.1 Å². The van der Waals surface area contributed by atoms with Crippen molar-refractivity contribution < 1.29 is 9.90 Å². The van der Waals surface area contributed by atoms with E-state index in [9.17, 15) is 4.79 Å². The molecular formula is C15H13ClO2. The van der Waals surface area contributed by atoms with Crippen LogP contribution in [0.3, 0.4) is 0 Å². The fraction of sp³-hybridized carbons (Fsp3) is 0.133. The van der Waals surface area contributed by atoms with Crippen LogP contribution in [-0.2, 0) is 11.2 Å². The van der Waals surface area contributed by atoms with Crippen molar-refractivity contribution in [3.8, 4) is 11.1 Å². The van der Waals surface area contributed by atoms with Crippen molar-refractivity contribution in [2.75, 3.05) is 0 Å². The van der Waals surface area contributed by atoms with Gasteiger partial charge in [0, 0.05) is 17.0 Å². The normalized spacial score (nSPS) is 10.3. The van der Waals surface area contributed by atoms with E-state index in [1.807, 2.05) is 48.5 Å². The standard InChI is InChI=1S/C15H13ClO2/c16-14-8-6-11(7-9-15(17)18)10-13(14)12-4-2-1-3-5-12/h1-6,8,10H,7,9H2,(H,17,18). The second-order valence-electron chi connectivity index (χ2n) is 4.07. The summed E-state index contributed by atoms with van der Waals surface area (Å²) in [7, 11) is 0. The van der Waals surface area contributed by atoms with Crippen molar-refractivity contribution in [1.29, 1.82) is 0 Å². The number of carbonyl (C=O) groups is 1. The van der Waals surface area contributed by atoms with Gasteiger partial charge in [0.25, 0.3) is 0 Å². The number of aryl methyl sites for hydroxylation is 1. The van der Waals surface area contributed by atoms with Crippen LogP contribution in [0.4, 0.5) is 0 Å². The van der Waals surface area contributed by atoms with Gasteiger partial charge in [0.1, 0.15) is 0 Å². The molecule has 18 heavy (non-hydrogen) atoms. The van der Waals surface area contributed by atoms with Crippen molar-refractivity contribution in [2.24, 2.45) is 0 Å². The number of rotatable bonds is 4.